The molecule has 2 fully saturated rings. The van der Waals surface area contributed by atoms with E-state index in [0.29, 0.717) is 45.1 Å². The Bertz CT molecular complexity index is 1190. The quantitative estimate of drug-likeness (QED) is 0.574. The molecule has 5 rings (SSSR count). The number of piperazine rings is 1. The number of nitrogens with zero attached hydrogens (tertiary/aromatic N) is 5. The molecule has 1 amide bonds. The van der Waals surface area contributed by atoms with E-state index in [9.17, 15) is 14.7 Å². The summed E-state index contributed by atoms with van der Waals surface area (Å²) in [6.45, 7) is 19.0. The lowest BCUT2D eigenvalue weighted by atomic mass is 10.1. The van der Waals surface area contributed by atoms with Gasteiger partial charge in [0.05, 0.1) is 0 Å². The van der Waals surface area contributed by atoms with Gasteiger partial charge in [-0.3, -0.25) is 9.69 Å². The number of nitrogens with one attached hydrogen (secondary N) is 1. The number of phenols is 1. The molecule has 0 radical (unpaired) electrons. The van der Waals surface area contributed by atoms with Crippen molar-refractivity contribution in [3.05, 3.63) is 63.7 Å². The van der Waals surface area contributed by atoms with E-state index in [0.717, 1.165) is 28.4 Å². The van der Waals surface area contributed by atoms with Crippen LogP contribution < -0.4 is 10.6 Å². The first kappa shape index (κ1) is 30.4. The Morgan fingerprint density at radius 1 is 1.18 bits per heavy atom. The van der Waals surface area contributed by atoms with Crippen LogP contribution in [0, 0.1) is 6.92 Å². The van der Waals surface area contributed by atoms with Gasteiger partial charge < -0.3 is 24.8 Å². The third kappa shape index (κ3) is 7.48. The van der Waals surface area contributed by atoms with Crippen molar-refractivity contribution in [3.8, 4) is 5.75 Å². The minimum absolute atomic E-state index is 0.0448. The Labute approximate surface area is 233 Å². The zero-order valence-electron chi connectivity index (χ0n) is 24.5. The molecule has 9 nitrogen and oxygen atoms in total. The van der Waals surface area contributed by atoms with Gasteiger partial charge in [0.2, 0.25) is 5.91 Å². The van der Waals surface area contributed by atoms with Crippen LogP contribution in [-0.4, -0.2) is 81.0 Å². The summed E-state index contributed by atoms with van der Waals surface area (Å²) in [4.78, 5) is 40.0. The lowest BCUT2D eigenvalue weighted by Crippen LogP contribution is -2.54. The normalized spacial score (nSPS) is 21.0. The van der Waals surface area contributed by atoms with Gasteiger partial charge in [0.15, 0.2) is 0 Å². The predicted octanol–water partition coefficient (Wildman–Crippen LogP) is 3.65. The number of benzene rings is 1. The lowest BCUT2D eigenvalue weighted by molar-refractivity contribution is -0.126. The second kappa shape index (κ2) is 13.8. The molecule has 1 aromatic heterocycles. The molecule has 2 saturated heterocycles. The molecule has 1 aromatic carbocycles. The number of aromatic nitrogens is 2. The summed E-state index contributed by atoms with van der Waals surface area (Å²) in [5.41, 5.74) is 3.75. The van der Waals surface area contributed by atoms with Gasteiger partial charge in [-0.15, -0.1) is 0 Å². The molecule has 2 atom stereocenters. The predicted molar refractivity (Wildman–Crippen MR) is 157 cm³/mol. The maximum Gasteiger partial charge on any atom is 0.347 e. The minimum atomic E-state index is -0.351. The van der Waals surface area contributed by atoms with Gasteiger partial charge in [0.1, 0.15) is 11.6 Å². The Morgan fingerprint density at radius 3 is 2.51 bits per heavy atom. The van der Waals surface area contributed by atoms with Crippen LogP contribution in [0.15, 0.2) is 35.6 Å². The van der Waals surface area contributed by atoms with E-state index in [2.05, 4.69) is 45.2 Å². The van der Waals surface area contributed by atoms with E-state index in [1.165, 1.54) is 25.5 Å². The molecule has 3 aliphatic rings. The first-order chi connectivity index (χ1) is 18.7. The number of likely N-dealkylation sites (tertiary alicyclic amines) is 1. The van der Waals surface area contributed by atoms with Crippen molar-refractivity contribution in [2.24, 2.45) is 0 Å². The highest BCUT2D eigenvalue weighted by Gasteiger charge is 2.32. The number of hydrogen-bond donors (Lipinski definition) is 2. The molecular formula is C30H46N6O3. The third-order valence-corrected chi connectivity index (χ3v) is 7.86. The van der Waals surface area contributed by atoms with Crippen molar-refractivity contribution in [1.82, 2.24) is 24.7 Å². The summed E-state index contributed by atoms with van der Waals surface area (Å²) < 4.78 is 0. The van der Waals surface area contributed by atoms with E-state index < -0.39 is 0 Å². The van der Waals surface area contributed by atoms with Crippen molar-refractivity contribution in [2.75, 3.05) is 38.1 Å². The number of aryl methyl sites for hydroxylation is 1. The molecule has 4 heterocycles. The van der Waals surface area contributed by atoms with Crippen LogP contribution in [0.2, 0.25) is 0 Å². The maximum atomic E-state index is 12.3. The number of aromatic hydroxyl groups is 1. The standard InChI is InChI=1S/C22H27N5O3.C6H13N.C2H6/c1-4-20(29)26-7-8-27(15(3)10-26)21-18-12-25(13-19(18)23-22(30)24-21)11-16-9-17(28)6-5-14(16)2;1-6-4-3-5-7(6)2;1-2/h4-6,9,15,28H,1,7-8,10-13H2,2-3H3,(H,23,24,30);6H,3-5H2,1-2H3;1-2H3/t15-;6-;/m01./s1. The molecule has 3 aliphatic heterocycles. The molecule has 0 aliphatic carbocycles. The fourth-order valence-electron chi connectivity index (χ4n) is 5.43. The Hall–Kier alpha value is -3.17. The highest BCUT2D eigenvalue weighted by Crippen LogP contribution is 2.31. The van der Waals surface area contributed by atoms with Gasteiger partial charge in [-0.1, -0.05) is 26.5 Å². The van der Waals surface area contributed by atoms with Crippen molar-refractivity contribution in [2.45, 2.75) is 79.2 Å². The molecule has 0 bridgehead atoms. The number of fused-ring (bicyclic) bond motifs is 1. The van der Waals surface area contributed by atoms with Crippen LogP contribution in [0.4, 0.5) is 5.82 Å². The number of rotatable bonds is 4. The van der Waals surface area contributed by atoms with Crippen LogP contribution in [0.3, 0.4) is 0 Å². The monoisotopic (exact) mass is 538 g/mol. The molecular weight excluding hydrogens is 492 g/mol. The molecule has 0 spiro atoms. The highest BCUT2D eigenvalue weighted by atomic mass is 16.3. The number of carbonyl (C=O) groups is 1. The molecule has 214 valence electrons. The summed E-state index contributed by atoms with van der Waals surface area (Å²) in [7, 11) is 2.19. The zero-order valence-corrected chi connectivity index (χ0v) is 24.5. The van der Waals surface area contributed by atoms with E-state index in [1.807, 2.05) is 33.8 Å². The number of anilines is 1. The summed E-state index contributed by atoms with van der Waals surface area (Å²) in [6.07, 6.45) is 4.14. The van der Waals surface area contributed by atoms with Crippen molar-refractivity contribution >= 4 is 11.7 Å². The minimum Gasteiger partial charge on any atom is -0.508 e. The number of amides is 1. The van der Waals surface area contributed by atoms with Crippen molar-refractivity contribution in [3.63, 3.8) is 0 Å². The van der Waals surface area contributed by atoms with Crippen molar-refractivity contribution < 1.29 is 9.90 Å². The van der Waals surface area contributed by atoms with Crippen molar-refractivity contribution in [1.29, 1.82) is 0 Å². The fourth-order valence-corrected chi connectivity index (χ4v) is 5.43. The van der Waals surface area contributed by atoms with E-state index >= 15 is 0 Å². The zero-order chi connectivity index (χ0) is 28.7. The van der Waals surface area contributed by atoms with Crippen LogP contribution in [0.5, 0.6) is 5.75 Å². The number of carbonyl (C=O) groups excluding carboxylic acids is 1. The second-order valence-electron chi connectivity index (χ2n) is 10.6. The van der Waals surface area contributed by atoms with Gasteiger partial charge >= 0.3 is 5.69 Å². The number of hydrogen-bond acceptors (Lipinski definition) is 7. The maximum absolute atomic E-state index is 12.3. The van der Waals surface area contributed by atoms with E-state index in [1.54, 1.807) is 17.0 Å². The molecule has 2 N–H and O–H groups in total. The van der Waals surface area contributed by atoms with Gasteiger partial charge in [-0.25, -0.2) is 4.79 Å². The van der Waals surface area contributed by atoms with Crippen LogP contribution >= 0.6 is 0 Å². The summed E-state index contributed by atoms with van der Waals surface area (Å²) in [5, 5.41) is 9.83. The number of aromatic amines is 1. The van der Waals surface area contributed by atoms with Crippen LogP contribution in [0.1, 0.15) is 62.9 Å². The summed E-state index contributed by atoms with van der Waals surface area (Å²) >= 11 is 0. The molecule has 2 aromatic rings. The van der Waals surface area contributed by atoms with E-state index in [-0.39, 0.29) is 23.4 Å². The Morgan fingerprint density at radius 2 is 1.92 bits per heavy atom. The van der Waals surface area contributed by atoms with Crippen LogP contribution in [0.25, 0.3) is 0 Å². The SMILES string of the molecule is C=CC(=O)N1CCN(c2nc(=O)[nH]c3c2CN(Cc2cc(O)ccc2C)C3)[C@@H](C)C1.CC.C[C@@H]1CCCN1C. The number of phenolic OH excluding ortho intramolecular Hbond substituents is 1. The summed E-state index contributed by atoms with van der Waals surface area (Å²) in [6, 6.07) is 6.28. The Kier molecular flexibility index (Phi) is 10.7. The third-order valence-electron chi connectivity index (χ3n) is 7.86. The van der Waals surface area contributed by atoms with Gasteiger partial charge in [0.25, 0.3) is 0 Å². The van der Waals surface area contributed by atoms with E-state index in [4.69, 9.17) is 0 Å². The van der Waals surface area contributed by atoms with Gasteiger partial charge in [-0.2, -0.15) is 4.98 Å². The topological polar surface area (TPSA) is 96.0 Å². The largest absolute Gasteiger partial charge is 0.508 e. The fraction of sp³-hybridized carbons (Fsp3) is 0.567. The average Bonchev–Trinajstić information content (AvgIpc) is 3.51. The molecule has 39 heavy (non-hydrogen) atoms. The smallest absolute Gasteiger partial charge is 0.347 e. The second-order valence-corrected chi connectivity index (χ2v) is 10.6. The van der Waals surface area contributed by atoms with Gasteiger partial charge in [0, 0.05) is 62.6 Å². The van der Waals surface area contributed by atoms with Gasteiger partial charge in [-0.05, 0) is 76.5 Å². The lowest BCUT2D eigenvalue weighted by Gasteiger charge is -2.40. The molecule has 0 unspecified atom stereocenters. The molecule has 0 saturated carbocycles. The highest BCUT2D eigenvalue weighted by molar-refractivity contribution is 5.87. The molecule has 9 heteroatoms. The number of H-pyrrole nitrogens is 1. The average molecular weight is 539 g/mol. The first-order valence-corrected chi connectivity index (χ1v) is 14.2. The first-order valence-electron chi connectivity index (χ1n) is 14.2. The summed E-state index contributed by atoms with van der Waals surface area (Å²) in [5.74, 6) is 0.893. The van der Waals surface area contributed by atoms with Crippen LogP contribution in [-0.2, 0) is 24.4 Å². The Balaban J connectivity index is 0.000000401.